The van der Waals surface area contributed by atoms with E-state index in [0.717, 1.165) is 38.7 Å². The van der Waals surface area contributed by atoms with E-state index in [1.807, 2.05) is 0 Å². The summed E-state index contributed by atoms with van der Waals surface area (Å²) in [6.07, 6.45) is 0.771. The fourth-order valence-electron chi connectivity index (χ4n) is 2.88. The maximum atomic E-state index is 13.9. The molecule has 0 aromatic heterocycles. The largest absolute Gasteiger partial charge is 0.313 e. The molecule has 1 aliphatic heterocycles. The van der Waals surface area contributed by atoms with Crippen molar-refractivity contribution in [3.8, 4) is 0 Å². The van der Waals surface area contributed by atoms with Crippen LogP contribution in [0.1, 0.15) is 24.9 Å². The first-order valence-electron chi connectivity index (χ1n) is 7.56. The predicted molar refractivity (Wildman–Crippen MR) is 81.3 cm³/mol. The number of rotatable bonds is 5. The van der Waals surface area contributed by atoms with Crippen LogP contribution in [0.5, 0.6) is 0 Å². The average molecular weight is 297 g/mol. The van der Waals surface area contributed by atoms with Crippen LogP contribution in [0, 0.1) is 11.6 Å². The smallest absolute Gasteiger partial charge is 0.163 e. The first-order valence-corrected chi connectivity index (χ1v) is 7.56. The molecule has 2 rings (SSSR count). The summed E-state index contributed by atoms with van der Waals surface area (Å²) in [4.78, 5) is 4.74. The van der Waals surface area contributed by atoms with Gasteiger partial charge in [0.2, 0.25) is 0 Å². The molecule has 0 bridgehead atoms. The Morgan fingerprint density at radius 1 is 1.33 bits per heavy atom. The molecular weight excluding hydrogens is 272 g/mol. The van der Waals surface area contributed by atoms with E-state index in [1.165, 1.54) is 0 Å². The van der Waals surface area contributed by atoms with Crippen LogP contribution in [0.4, 0.5) is 8.78 Å². The van der Waals surface area contributed by atoms with E-state index in [1.54, 1.807) is 19.2 Å². The van der Waals surface area contributed by atoms with Crippen LogP contribution in [-0.2, 0) is 0 Å². The molecule has 1 aromatic carbocycles. The molecule has 1 fully saturated rings. The normalized spacial score (nSPS) is 22.4. The van der Waals surface area contributed by atoms with Crippen LogP contribution in [0.3, 0.4) is 0 Å². The summed E-state index contributed by atoms with van der Waals surface area (Å²) in [5.74, 6) is -1.51. The maximum Gasteiger partial charge on any atom is 0.163 e. The zero-order valence-electron chi connectivity index (χ0n) is 13.1. The van der Waals surface area contributed by atoms with Crippen LogP contribution in [0.2, 0.25) is 0 Å². The van der Waals surface area contributed by atoms with Gasteiger partial charge in [-0.3, -0.25) is 0 Å². The van der Waals surface area contributed by atoms with Gasteiger partial charge in [0.1, 0.15) is 0 Å². The first kappa shape index (κ1) is 16.3. The monoisotopic (exact) mass is 297 g/mol. The van der Waals surface area contributed by atoms with Gasteiger partial charge in [-0.2, -0.15) is 0 Å². The van der Waals surface area contributed by atoms with Crippen molar-refractivity contribution in [2.75, 3.05) is 40.3 Å². The Morgan fingerprint density at radius 2 is 2.10 bits per heavy atom. The third-order valence-electron chi connectivity index (χ3n) is 4.48. The maximum absolute atomic E-state index is 13.9. The van der Waals surface area contributed by atoms with Crippen molar-refractivity contribution in [2.45, 2.75) is 25.4 Å². The standard InChI is InChI=1S/C16H25F2N3/c1-12-11-21(10-9-20(12)3)8-7-15(19-2)13-5-4-6-14(17)16(13)18/h4-6,12,15,19H,7-11H2,1-3H3. The number of piperazine rings is 1. The second-order valence-electron chi connectivity index (χ2n) is 5.90. The molecule has 5 heteroatoms. The highest BCUT2D eigenvalue weighted by atomic mass is 19.2. The summed E-state index contributed by atoms with van der Waals surface area (Å²) in [6.45, 7) is 6.22. The molecule has 1 heterocycles. The minimum absolute atomic E-state index is 0.157. The SMILES string of the molecule is CNC(CCN1CCN(C)C(C)C1)c1cccc(F)c1F. The number of benzene rings is 1. The van der Waals surface area contributed by atoms with E-state index in [0.29, 0.717) is 11.6 Å². The third kappa shape index (κ3) is 3.99. The summed E-state index contributed by atoms with van der Waals surface area (Å²) in [5.41, 5.74) is 0.416. The van der Waals surface area contributed by atoms with Gasteiger partial charge in [-0.05, 0) is 33.5 Å². The molecule has 0 saturated carbocycles. The van der Waals surface area contributed by atoms with Crippen molar-refractivity contribution in [2.24, 2.45) is 0 Å². The molecule has 21 heavy (non-hydrogen) atoms. The van der Waals surface area contributed by atoms with Crippen LogP contribution >= 0.6 is 0 Å². The molecule has 3 nitrogen and oxygen atoms in total. The number of likely N-dealkylation sites (N-methyl/N-ethyl adjacent to an activating group) is 1. The summed E-state index contributed by atoms with van der Waals surface area (Å²) < 4.78 is 27.2. The van der Waals surface area contributed by atoms with Gasteiger partial charge in [0.15, 0.2) is 11.6 Å². The van der Waals surface area contributed by atoms with Gasteiger partial charge in [-0.25, -0.2) is 8.78 Å². The van der Waals surface area contributed by atoms with E-state index >= 15 is 0 Å². The van der Waals surface area contributed by atoms with Gasteiger partial charge in [0, 0.05) is 43.8 Å². The summed E-state index contributed by atoms with van der Waals surface area (Å²) in [7, 11) is 3.93. The third-order valence-corrected chi connectivity index (χ3v) is 4.48. The second kappa shape index (κ2) is 7.29. The Hall–Kier alpha value is -1.04. The summed E-state index contributed by atoms with van der Waals surface area (Å²) in [6, 6.07) is 4.77. The number of hydrogen-bond acceptors (Lipinski definition) is 3. The van der Waals surface area contributed by atoms with Crippen molar-refractivity contribution in [3.05, 3.63) is 35.4 Å². The molecule has 0 aliphatic carbocycles. The molecule has 118 valence electrons. The highest BCUT2D eigenvalue weighted by Gasteiger charge is 2.22. The lowest BCUT2D eigenvalue weighted by Crippen LogP contribution is -2.50. The van der Waals surface area contributed by atoms with E-state index in [2.05, 4.69) is 29.1 Å². The van der Waals surface area contributed by atoms with Crippen LogP contribution in [-0.4, -0.2) is 56.1 Å². The van der Waals surface area contributed by atoms with Crippen molar-refractivity contribution in [1.82, 2.24) is 15.1 Å². The second-order valence-corrected chi connectivity index (χ2v) is 5.90. The van der Waals surface area contributed by atoms with Crippen molar-refractivity contribution in [1.29, 1.82) is 0 Å². The van der Waals surface area contributed by atoms with Crippen molar-refractivity contribution < 1.29 is 8.78 Å². The number of nitrogens with one attached hydrogen (secondary N) is 1. The molecule has 2 unspecified atom stereocenters. The van der Waals surface area contributed by atoms with Gasteiger partial charge >= 0.3 is 0 Å². The Labute approximate surface area is 125 Å². The van der Waals surface area contributed by atoms with Gasteiger partial charge in [-0.15, -0.1) is 0 Å². The van der Waals surface area contributed by atoms with Gasteiger partial charge < -0.3 is 15.1 Å². The van der Waals surface area contributed by atoms with E-state index < -0.39 is 11.6 Å². The van der Waals surface area contributed by atoms with Crippen LogP contribution in [0.15, 0.2) is 18.2 Å². The number of hydrogen-bond donors (Lipinski definition) is 1. The summed E-state index contributed by atoms with van der Waals surface area (Å²) >= 11 is 0. The summed E-state index contributed by atoms with van der Waals surface area (Å²) in [5, 5.41) is 3.10. The lowest BCUT2D eigenvalue weighted by Gasteiger charge is -2.38. The Kier molecular flexibility index (Phi) is 5.67. The number of nitrogens with zero attached hydrogens (tertiary/aromatic N) is 2. The molecule has 0 radical (unpaired) electrons. The van der Waals surface area contributed by atoms with E-state index in [-0.39, 0.29) is 6.04 Å². The van der Waals surface area contributed by atoms with E-state index in [9.17, 15) is 8.78 Å². The van der Waals surface area contributed by atoms with Gasteiger partial charge in [0.25, 0.3) is 0 Å². The topological polar surface area (TPSA) is 18.5 Å². The van der Waals surface area contributed by atoms with Crippen LogP contribution < -0.4 is 5.32 Å². The minimum atomic E-state index is -0.777. The van der Waals surface area contributed by atoms with Crippen molar-refractivity contribution >= 4 is 0 Å². The Morgan fingerprint density at radius 3 is 2.76 bits per heavy atom. The van der Waals surface area contributed by atoms with E-state index in [4.69, 9.17) is 0 Å². The number of halogens is 2. The molecule has 1 saturated heterocycles. The molecule has 2 atom stereocenters. The molecule has 1 N–H and O–H groups in total. The molecule has 0 spiro atoms. The van der Waals surface area contributed by atoms with Gasteiger partial charge in [0.05, 0.1) is 0 Å². The van der Waals surface area contributed by atoms with Gasteiger partial charge in [-0.1, -0.05) is 12.1 Å². The predicted octanol–water partition coefficient (Wildman–Crippen LogP) is 2.25. The minimum Gasteiger partial charge on any atom is -0.313 e. The lowest BCUT2D eigenvalue weighted by molar-refractivity contribution is 0.102. The molecular formula is C16H25F2N3. The molecule has 1 aromatic rings. The fourth-order valence-corrected chi connectivity index (χ4v) is 2.88. The lowest BCUT2D eigenvalue weighted by atomic mass is 10.0. The molecule has 1 aliphatic rings. The first-order chi connectivity index (χ1) is 10.0. The quantitative estimate of drug-likeness (QED) is 0.899. The average Bonchev–Trinajstić information content (AvgIpc) is 2.47. The van der Waals surface area contributed by atoms with Crippen LogP contribution in [0.25, 0.3) is 0 Å². The Bertz CT molecular complexity index is 467. The van der Waals surface area contributed by atoms with Crippen molar-refractivity contribution in [3.63, 3.8) is 0 Å². The zero-order valence-corrected chi connectivity index (χ0v) is 13.1. The molecule has 0 amide bonds. The zero-order chi connectivity index (χ0) is 15.4. The highest BCUT2D eigenvalue weighted by Crippen LogP contribution is 2.22. The fraction of sp³-hybridized carbons (Fsp3) is 0.625. The Balaban J connectivity index is 1.95. The highest BCUT2D eigenvalue weighted by molar-refractivity contribution is 5.22.